The van der Waals surface area contributed by atoms with E-state index in [1.165, 1.54) is 0 Å². The van der Waals surface area contributed by atoms with Crippen molar-refractivity contribution in [2.24, 2.45) is 0 Å². The number of carbonyl (C=O) groups is 1. The summed E-state index contributed by atoms with van der Waals surface area (Å²) in [5, 5.41) is -0.239. The van der Waals surface area contributed by atoms with E-state index in [1.807, 2.05) is 0 Å². The van der Waals surface area contributed by atoms with Crippen molar-refractivity contribution in [1.82, 2.24) is 4.98 Å². The lowest BCUT2D eigenvalue weighted by Gasteiger charge is -2.01. The van der Waals surface area contributed by atoms with E-state index in [4.69, 9.17) is 0 Å². The summed E-state index contributed by atoms with van der Waals surface area (Å²) < 4.78 is 0. The van der Waals surface area contributed by atoms with E-state index < -0.39 is 0 Å². The van der Waals surface area contributed by atoms with Crippen molar-refractivity contribution in [3.8, 4) is 0 Å². The first-order valence-electron chi connectivity index (χ1n) is 3.34. The average Bonchev–Trinajstić information content (AvgIpc) is 2.05. The van der Waals surface area contributed by atoms with Crippen LogP contribution in [-0.4, -0.2) is 16.0 Å². The van der Waals surface area contributed by atoms with Gasteiger partial charge in [0.1, 0.15) is 0 Å². The molecule has 1 heterocycles. The van der Waals surface area contributed by atoms with Gasteiger partial charge in [-0.05, 0) is 19.1 Å². The van der Waals surface area contributed by atoms with Crippen LogP contribution in [0.4, 0.5) is 0 Å². The molecule has 1 aromatic heterocycles. The van der Waals surface area contributed by atoms with E-state index >= 15 is 0 Å². The quantitative estimate of drug-likeness (QED) is 0.535. The lowest BCUT2D eigenvalue weighted by Crippen LogP contribution is -2.10. The Morgan fingerprint density at radius 3 is 2.55 bits per heavy atom. The van der Waals surface area contributed by atoms with Gasteiger partial charge in [-0.15, -0.1) is 0 Å². The van der Waals surface area contributed by atoms with Crippen LogP contribution in [0.3, 0.4) is 0 Å². The largest absolute Gasteiger partial charge is 0.293 e. The molecule has 58 valence electrons. The predicted molar refractivity (Wildman–Crippen MR) is 47.0 cm³/mol. The van der Waals surface area contributed by atoms with Gasteiger partial charge in [-0.2, -0.15) is 12.6 Å². The van der Waals surface area contributed by atoms with E-state index in [-0.39, 0.29) is 11.0 Å². The molecule has 1 aromatic rings. The summed E-state index contributed by atoms with van der Waals surface area (Å²) in [6.45, 7) is 1.76. The van der Waals surface area contributed by atoms with E-state index in [9.17, 15) is 4.79 Å². The second kappa shape index (κ2) is 3.53. The molecule has 0 spiro atoms. The van der Waals surface area contributed by atoms with Crippen LogP contribution in [-0.2, 0) is 0 Å². The molecular weight excluding hydrogens is 158 g/mol. The van der Waals surface area contributed by atoms with Crippen molar-refractivity contribution in [2.45, 2.75) is 12.2 Å². The maximum Gasteiger partial charge on any atom is 0.175 e. The van der Waals surface area contributed by atoms with Crippen molar-refractivity contribution in [3.63, 3.8) is 0 Å². The van der Waals surface area contributed by atoms with Gasteiger partial charge in [0.25, 0.3) is 0 Å². The molecule has 1 unspecified atom stereocenters. The molecule has 0 radical (unpaired) electrons. The highest BCUT2D eigenvalue weighted by Gasteiger charge is 2.09. The lowest BCUT2D eigenvalue weighted by molar-refractivity contribution is 0.0994. The Kier molecular flexibility index (Phi) is 2.65. The molecule has 0 saturated heterocycles. The lowest BCUT2D eigenvalue weighted by atomic mass is 10.1. The molecule has 1 rings (SSSR count). The van der Waals surface area contributed by atoms with Crippen LogP contribution >= 0.6 is 12.6 Å². The Balaban J connectivity index is 2.86. The monoisotopic (exact) mass is 167 g/mol. The number of ketones is 1. The Labute approximate surface area is 71.1 Å². The summed E-state index contributed by atoms with van der Waals surface area (Å²) in [5.74, 6) is 0.0377. The molecule has 0 aliphatic carbocycles. The van der Waals surface area contributed by atoms with Gasteiger partial charge in [-0.3, -0.25) is 9.78 Å². The molecular formula is C8H9NOS. The summed E-state index contributed by atoms with van der Waals surface area (Å²) >= 11 is 4.03. The molecule has 0 amide bonds. The summed E-state index contributed by atoms with van der Waals surface area (Å²) in [7, 11) is 0. The Morgan fingerprint density at radius 2 is 2.09 bits per heavy atom. The van der Waals surface area contributed by atoms with Crippen molar-refractivity contribution in [1.29, 1.82) is 0 Å². The molecule has 0 aliphatic heterocycles. The second-order valence-corrected chi connectivity index (χ2v) is 3.05. The van der Waals surface area contributed by atoms with Crippen LogP contribution in [0, 0.1) is 0 Å². The molecule has 3 heteroatoms. The molecule has 0 aliphatic rings. The molecule has 0 saturated carbocycles. The SMILES string of the molecule is CC(S)C(=O)c1ccncc1. The number of Topliss-reactive ketones (excluding diaryl/α,β-unsaturated/α-hetero) is 1. The summed E-state index contributed by atoms with van der Waals surface area (Å²) in [5.41, 5.74) is 0.669. The van der Waals surface area contributed by atoms with Crippen LogP contribution in [0.25, 0.3) is 0 Å². The first-order chi connectivity index (χ1) is 5.22. The molecule has 0 N–H and O–H groups in total. The molecule has 0 bridgehead atoms. The number of pyridine rings is 1. The number of nitrogens with zero attached hydrogens (tertiary/aromatic N) is 1. The first kappa shape index (κ1) is 8.27. The molecule has 0 fully saturated rings. The van der Waals surface area contributed by atoms with Crippen LogP contribution in [0.5, 0.6) is 0 Å². The van der Waals surface area contributed by atoms with Crippen molar-refractivity contribution < 1.29 is 4.79 Å². The summed E-state index contributed by atoms with van der Waals surface area (Å²) in [6, 6.07) is 3.38. The fraction of sp³-hybridized carbons (Fsp3) is 0.250. The van der Waals surface area contributed by atoms with Gasteiger partial charge in [-0.25, -0.2) is 0 Å². The number of aromatic nitrogens is 1. The Morgan fingerprint density at radius 1 is 1.55 bits per heavy atom. The second-order valence-electron chi connectivity index (χ2n) is 2.28. The zero-order valence-corrected chi connectivity index (χ0v) is 7.08. The number of hydrogen-bond acceptors (Lipinski definition) is 3. The fourth-order valence-electron chi connectivity index (χ4n) is 0.757. The third-order valence-electron chi connectivity index (χ3n) is 1.34. The van der Waals surface area contributed by atoms with E-state index in [0.29, 0.717) is 5.56 Å². The Bertz CT molecular complexity index is 246. The number of carbonyl (C=O) groups excluding carboxylic acids is 1. The van der Waals surface area contributed by atoms with Gasteiger partial charge in [0.15, 0.2) is 5.78 Å². The van der Waals surface area contributed by atoms with Crippen molar-refractivity contribution >= 4 is 18.4 Å². The van der Waals surface area contributed by atoms with Crippen molar-refractivity contribution in [2.75, 3.05) is 0 Å². The third kappa shape index (κ3) is 2.05. The summed E-state index contributed by atoms with van der Waals surface area (Å²) in [4.78, 5) is 15.1. The topological polar surface area (TPSA) is 30.0 Å². The van der Waals surface area contributed by atoms with Crippen molar-refractivity contribution in [3.05, 3.63) is 30.1 Å². The van der Waals surface area contributed by atoms with Gasteiger partial charge in [-0.1, -0.05) is 0 Å². The molecule has 0 aromatic carbocycles. The van der Waals surface area contributed by atoms with Gasteiger partial charge in [0.2, 0.25) is 0 Å². The maximum absolute atomic E-state index is 11.2. The maximum atomic E-state index is 11.2. The standard InChI is InChI=1S/C8H9NOS/c1-6(11)8(10)7-2-4-9-5-3-7/h2-6,11H,1H3. The van der Waals surface area contributed by atoms with Gasteiger partial charge in [0, 0.05) is 18.0 Å². The molecule has 11 heavy (non-hydrogen) atoms. The molecule has 2 nitrogen and oxygen atoms in total. The predicted octanol–water partition coefficient (Wildman–Crippen LogP) is 1.58. The van der Waals surface area contributed by atoms with Gasteiger partial charge >= 0.3 is 0 Å². The minimum Gasteiger partial charge on any atom is -0.293 e. The highest BCUT2D eigenvalue weighted by Crippen LogP contribution is 2.05. The van der Waals surface area contributed by atoms with Gasteiger partial charge in [0.05, 0.1) is 5.25 Å². The van der Waals surface area contributed by atoms with E-state index in [1.54, 1.807) is 31.5 Å². The highest BCUT2D eigenvalue weighted by molar-refractivity contribution is 7.81. The fourth-order valence-corrected chi connectivity index (χ4v) is 0.906. The number of hydrogen-bond donors (Lipinski definition) is 1. The Hall–Kier alpha value is -0.830. The first-order valence-corrected chi connectivity index (χ1v) is 3.86. The van der Waals surface area contributed by atoms with Crippen LogP contribution in [0.15, 0.2) is 24.5 Å². The van der Waals surface area contributed by atoms with E-state index in [0.717, 1.165) is 0 Å². The van der Waals surface area contributed by atoms with Crippen LogP contribution < -0.4 is 0 Å². The van der Waals surface area contributed by atoms with E-state index in [2.05, 4.69) is 17.6 Å². The normalized spacial score (nSPS) is 12.5. The van der Waals surface area contributed by atoms with Crippen LogP contribution in [0.2, 0.25) is 0 Å². The summed E-state index contributed by atoms with van der Waals surface area (Å²) in [6.07, 6.45) is 3.20. The van der Waals surface area contributed by atoms with Crippen LogP contribution in [0.1, 0.15) is 17.3 Å². The van der Waals surface area contributed by atoms with Gasteiger partial charge < -0.3 is 0 Å². The minimum absolute atomic E-state index is 0.0377. The zero-order valence-electron chi connectivity index (χ0n) is 6.19. The highest BCUT2D eigenvalue weighted by atomic mass is 32.1. The average molecular weight is 167 g/mol. The molecule has 1 atom stereocenters. The minimum atomic E-state index is -0.239. The number of rotatable bonds is 2. The zero-order chi connectivity index (χ0) is 8.27. The smallest absolute Gasteiger partial charge is 0.175 e. The number of thiol groups is 1. The third-order valence-corrected chi connectivity index (χ3v) is 1.58.